The van der Waals surface area contributed by atoms with Gasteiger partial charge in [0, 0.05) is 29.7 Å². The van der Waals surface area contributed by atoms with Crippen LogP contribution in [0.5, 0.6) is 0 Å². The molecule has 29 heavy (non-hydrogen) atoms. The van der Waals surface area contributed by atoms with Crippen LogP contribution >= 0.6 is 0 Å². The number of aromatic nitrogens is 1. The molecule has 148 valence electrons. The Balaban J connectivity index is 1.78. The highest BCUT2D eigenvalue weighted by molar-refractivity contribution is 6.04. The summed E-state index contributed by atoms with van der Waals surface area (Å²) in [4.78, 5) is 37.3. The Morgan fingerprint density at radius 2 is 1.59 bits per heavy atom. The van der Waals surface area contributed by atoms with E-state index < -0.39 is 5.56 Å². The van der Waals surface area contributed by atoms with Gasteiger partial charge in [-0.2, -0.15) is 0 Å². The van der Waals surface area contributed by atoms with Crippen molar-refractivity contribution in [2.45, 2.75) is 13.8 Å². The fraction of sp³-hybridized carbons (Fsp3) is 0.174. The van der Waals surface area contributed by atoms with E-state index >= 15 is 0 Å². The molecular weight excluding hydrogens is 366 g/mol. The van der Waals surface area contributed by atoms with Gasteiger partial charge < -0.3 is 10.6 Å². The maximum absolute atomic E-state index is 12.7. The summed E-state index contributed by atoms with van der Waals surface area (Å²) in [6.07, 6.45) is 1.61. The second-order valence-electron chi connectivity index (χ2n) is 7.07. The van der Waals surface area contributed by atoms with Gasteiger partial charge in [0.25, 0.3) is 17.4 Å². The van der Waals surface area contributed by atoms with Crippen molar-refractivity contribution in [1.29, 1.82) is 0 Å². The highest BCUT2D eigenvalue weighted by Gasteiger charge is 2.13. The zero-order valence-electron chi connectivity index (χ0n) is 16.4. The van der Waals surface area contributed by atoms with E-state index in [4.69, 9.17) is 0 Å². The molecule has 0 unspecified atom stereocenters. The summed E-state index contributed by atoms with van der Waals surface area (Å²) in [5, 5.41) is 5.58. The standard InChI is InChI=1S/C23H23N3O3/c1-16(2)15-24-22(28)20-9-6-14-26(23(20)29)19-12-10-18(11-13-19)25-21(27)17-7-4-3-5-8-17/h3-14,16H,15H2,1-2H3,(H,24,28)(H,25,27). The van der Waals surface area contributed by atoms with Crippen LogP contribution in [0.1, 0.15) is 34.6 Å². The number of benzene rings is 2. The van der Waals surface area contributed by atoms with Gasteiger partial charge in [-0.3, -0.25) is 19.0 Å². The third-order valence-corrected chi connectivity index (χ3v) is 4.30. The molecular formula is C23H23N3O3. The van der Waals surface area contributed by atoms with Crippen LogP contribution in [-0.4, -0.2) is 22.9 Å². The van der Waals surface area contributed by atoms with Crippen LogP contribution in [0.3, 0.4) is 0 Å². The molecule has 6 heteroatoms. The Morgan fingerprint density at radius 1 is 0.897 bits per heavy atom. The Bertz CT molecular complexity index is 1050. The van der Waals surface area contributed by atoms with Gasteiger partial charge in [-0.1, -0.05) is 32.0 Å². The molecule has 0 bridgehead atoms. The lowest BCUT2D eigenvalue weighted by Crippen LogP contribution is -2.34. The molecule has 0 saturated carbocycles. The highest BCUT2D eigenvalue weighted by Crippen LogP contribution is 2.14. The van der Waals surface area contributed by atoms with E-state index in [1.165, 1.54) is 10.6 Å². The monoisotopic (exact) mass is 389 g/mol. The summed E-state index contributed by atoms with van der Waals surface area (Å²) in [6.45, 7) is 4.48. The van der Waals surface area contributed by atoms with E-state index in [1.54, 1.807) is 60.8 Å². The largest absolute Gasteiger partial charge is 0.352 e. The minimum atomic E-state index is -0.394. The molecule has 0 radical (unpaired) electrons. The van der Waals surface area contributed by atoms with E-state index in [0.29, 0.717) is 29.4 Å². The summed E-state index contributed by atoms with van der Waals surface area (Å²) in [6, 6.07) is 19.0. The maximum atomic E-state index is 12.7. The molecule has 0 aliphatic heterocycles. The predicted molar refractivity (Wildman–Crippen MR) is 114 cm³/mol. The molecule has 3 aromatic rings. The van der Waals surface area contributed by atoms with Crippen LogP contribution in [0.25, 0.3) is 5.69 Å². The minimum absolute atomic E-state index is 0.0922. The molecule has 0 fully saturated rings. The van der Waals surface area contributed by atoms with Gasteiger partial charge in [0.15, 0.2) is 0 Å². The molecule has 2 amide bonds. The first-order chi connectivity index (χ1) is 14.0. The van der Waals surface area contributed by atoms with E-state index in [-0.39, 0.29) is 17.4 Å². The fourth-order valence-corrected chi connectivity index (χ4v) is 2.76. The molecule has 6 nitrogen and oxygen atoms in total. The molecule has 0 aliphatic carbocycles. The lowest BCUT2D eigenvalue weighted by atomic mass is 10.2. The van der Waals surface area contributed by atoms with Crippen LogP contribution in [0.4, 0.5) is 5.69 Å². The summed E-state index contributed by atoms with van der Waals surface area (Å²) in [5.74, 6) is -0.298. The van der Waals surface area contributed by atoms with Crippen LogP contribution in [-0.2, 0) is 0 Å². The van der Waals surface area contributed by atoms with E-state index in [1.807, 2.05) is 19.9 Å². The second kappa shape index (κ2) is 9.01. The van der Waals surface area contributed by atoms with Crippen LogP contribution in [0.15, 0.2) is 77.7 Å². The molecule has 0 saturated heterocycles. The summed E-state index contributed by atoms with van der Waals surface area (Å²) in [5.41, 5.74) is 1.48. The molecule has 0 spiro atoms. The Hall–Kier alpha value is -3.67. The first-order valence-corrected chi connectivity index (χ1v) is 9.42. The van der Waals surface area contributed by atoms with Gasteiger partial charge in [-0.05, 0) is 54.4 Å². The number of anilines is 1. The summed E-state index contributed by atoms with van der Waals surface area (Å²) in [7, 11) is 0. The van der Waals surface area contributed by atoms with Gasteiger partial charge in [-0.25, -0.2) is 0 Å². The van der Waals surface area contributed by atoms with Gasteiger partial charge >= 0.3 is 0 Å². The number of rotatable bonds is 6. The second-order valence-corrected chi connectivity index (χ2v) is 7.07. The van der Waals surface area contributed by atoms with Crippen molar-refractivity contribution in [2.75, 3.05) is 11.9 Å². The number of hydrogen-bond acceptors (Lipinski definition) is 3. The molecule has 2 aromatic carbocycles. The minimum Gasteiger partial charge on any atom is -0.352 e. The Kier molecular flexibility index (Phi) is 6.24. The molecule has 0 aliphatic rings. The third kappa shape index (κ3) is 4.99. The van der Waals surface area contributed by atoms with Crippen molar-refractivity contribution >= 4 is 17.5 Å². The number of pyridine rings is 1. The van der Waals surface area contributed by atoms with E-state index in [0.717, 1.165) is 0 Å². The average Bonchev–Trinajstić information content (AvgIpc) is 2.73. The topological polar surface area (TPSA) is 80.2 Å². The maximum Gasteiger partial charge on any atom is 0.267 e. The van der Waals surface area contributed by atoms with Gasteiger partial charge in [-0.15, -0.1) is 0 Å². The van der Waals surface area contributed by atoms with E-state index in [9.17, 15) is 14.4 Å². The Labute approximate surface area is 169 Å². The predicted octanol–water partition coefficient (Wildman–Crippen LogP) is 3.48. The molecule has 3 rings (SSSR count). The van der Waals surface area contributed by atoms with Crippen LogP contribution in [0.2, 0.25) is 0 Å². The summed E-state index contributed by atoms with van der Waals surface area (Å²) >= 11 is 0. The van der Waals surface area contributed by atoms with Gasteiger partial charge in [0.2, 0.25) is 0 Å². The quantitative estimate of drug-likeness (QED) is 0.677. The zero-order valence-corrected chi connectivity index (χ0v) is 16.4. The van der Waals surface area contributed by atoms with Crippen molar-refractivity contribution in [3.63, 3.8) is 0 Å². The highest BCUT2D eigenvalue weighted by atomic mass is 16.2. The lowest BCUT2D eigenvalue weighted by molar-refractivity contribution is 0.0946. The molecule has 2 N–H and O–H groups in total. The number of nitrogens with one attached hydrogen (secondary N) is 2. The van der Waals surface area contributed by atoms with E-state index in [2.05, 4.69) is 10.6 Å². The van der Waals surface area contributed by atoms with Crippen molar-refractivity contribution in [2.24, 2.45) is 5.92 Å². The number of nitrogens with zero attached hydrogens (tertiary/aromatic N) is 1. The SMILES string of the molecule is CC(C)CNC(=O)c1cccn(-c2ccc(NC(=O)c3ccccc3)cc2)c1=O. The smallest absolute Gasteiger partial charge is 0.267 e. The molecule has 1 aromatic heterocycles. The normalized spacial score (nSPS) is 10.6. The third-order valence-electron chi connectivity index (χ3n) is 4.30. The van der Waals surface area contributed by atoms with Crippen molar-refractivity contribution in [3.8, 4) is 5.69 Å². The van der Waals surface area contributed by atoms with Crippen molar-refractivity contribution in [1.82, 2.24) is 9.88 Å². The van der Waals surface area contributed by atoms with Crippen molar-refractivity contribution in [3.05, 3.63) is 94.4 Å². The number of carbonyl (C=O) groups excluding carboxylic acids is 2. The molecule has 0 atom stereocenters. The Morgan fingerprint density at radius 3 is 2.24 bits per heavy atom. The molecule has 1 heterocycles. The van der Waals surface area contributed by atoms with Crippen LogP contribution in [0, 0.1) is 5.92 Å². The zero-order chi connectivity index (χ0) is 20.8. The van der Waals surface area contributed by atoms with Gasteiger partial charge in [0.1, 0.15) is 5.56 Å². The van der Waals surface area contributed by atoms with Gasteiger partial charge in [0.05, 0.1) is 0 Å². The first kappa shape index (κ1) is 20.1. The number of hydrogen-bond donors (Lipinski definition) is 2. The van der Waals surface area contributed by atoms with Crippen molar-refractivity contribution < 1.29 is 9.59 Å². The first-order valence-electron chi connectivity index (χ1n) is 9.42. The number of carbonyl (C=O) groups is 2. The summed E-state index contributed by atoms with van der Waals surface area (Å²) < 4.78 is 1.41. The fourth-order valence-electron chi connectivity index (χ4n) is 2.76. The lowest BCUT2D eigenvalue weighted by Gasteiger charge is -2.11. The number of amides is 2. The average molecular weight is 389 g/mol. The van der Waals surface area contributed by atoms with Crippen LogP contribution < -0.4 is 16.2 Å².